The van der Waals surface area contributed by atoms with Crippen LogP contribution in [0.3, 0.4) is 0 Å². The van der Waals surface area contributed by atoms with Gasteiger partial charge >= 0.3 is 0 Å². The first kappa shape index (κ1) is 7.09. The molecular formula is C8H8N3O. The van der Waals surface area contributed by atoms with Gasteiger partial charge in [0, 0.05) is 18.5 Å². The molecule has 0 bridgehead atoms. The predicted octanol–water partition coefficient (Wildman–Crippen LogP) is 1.32. The Balaban J connectivity index is 2.27. The summed E-state index contributed by atoms with van der Waals surface area (Å²) in [5, 5.41) is 3.81. The van der Waals surface area contributed by atoms with E-state index in [1.165, 1.54) is 0 Å². The summed E-state index contributed by atoms with van der Waals surface area (Å²) in [6.45, 7) is 1.96. The van der Waals surface area contributed by atoms with Crippen LogP contribution in [0.1, 0.15) is 12.6 Å². The lowest BCUT2D eigenvalue weighted by molar-refractivity contribution is 0.412. The Hall–Kier alpha value is -1.58. The number of hydrogen-bond donors (Lipinski definition) is 0. The van der Waals surface area contributed by atoms with Crippen LogP contribution in [0.15, 0.2) is 35.6 Å². The maximum absolute atomic E-state index is 4.73. The summed E-state index contributed by atoms with van der Waals surface area (Å²) in [6.07, 6.45) is 6.87. The molecule has 0 aliphatic carbocycles. The first-order chi connectivity index (χ1) is 5.88. The van der Waals surface area contributed by atoms with Gasteiger partial charge < -0.3 is 9.09 Å². The van der Waals surface area contributed by atoms with Gasteiger partial charge in [0.1, 0.15) is 18.0 Å². The molecule has 0 N–H and O–H groups in total. The normalized spacial score (nSPS) is 10.8. The van der Waals surface area contributed by atoms with Crippen LogP contribution < -0.4 is 0 Å². The van der Waals surface area contributed by atoms with Crippen molar-refractivity contribution < 1.29 is 4.52 Å². The van der Waals surface area contributed by atoms with E-state index < -0.39 is 0 Å². The zero-order valence-electron chi connectivity index (χ0n) is 6.64. The average molecular weight is 162 g/mol. The third kappa shape index (κ3) is 1.11. The van der Waals surface area contributed by atoms with Crippen LogP contribution >= 0.6 is 0 Å². The summed E-state index contributed by atoms with van der Waals surface area (Å²) >= 11 is 0. The highest BCUT2D eigenvalue weighted by molar-refractivity contribution is 5.18. The van der Waals surface area contributed by atoms with Crippen molar-refractivity contribution in [3.05, 3.63) is 42.8 Å². The zero-order valence-corrected chi connectivity index (χ0v) is 6.64. The van der Waals surface area contributed by atoms with E-state index in [1.807, 2.05) is 23.8 Å². The molecule has 0 fully saturated rings. The third-order valence-electron chi connectivity index (χ3n) is 1.70. The number of nitrogens with zero attached hydrogens (tertiary/aromatic N) is 3. The minimum atomic E-state index is 0.827. The van der Waals surface area contributed by atoms with Crippen LogP contribution in [0.25, 0.3) is 0 Å². The number of rotatable bonds is 2. The monoisotopic (exact) mass is 162 g/mol. The Morgan fingerprint density at radius 3 is 3.08 bits per heavy atom. The van der Waals surface area contributed by atoms with Crippen molar-refractivity contribution >= 4 is 0 Å². The third-order valence-corrected chi connectivity index (χ3v) is 1.70. The maximum Gasteiger partial charge on any atom is 0.124 e. The fourth-order valence-corrected chi connectivity index (χ4v) is 0.989. The van der Waals surface area contributed by atoms with Crippen molar-refractivity contribution in [1.82, 2.24) is 14.7 Å². The molecule has 0 aliphatic rings. The Morgan fingerprint density at radius 1 is 1.58 bits per heavy atom. The van der Waals surface area contributed by atoms with E-state index in [0.717, 1.165) is 11.7 Å². The first-order valence-electron chi connectivity index (χ1n) is 3.60. The molecule has 0 unspecified atom stereocenters. The Labute approximate surface area is 69.8 Å². The molecule has 4 nitrogen and oxygen atoms in total. The summed E-state index contributed by atoms with van der Waals surface area (Å²) in [7, 11) is 0. The average Bonchev–Trinajstić information content (AvgIpc) is 2.77. The lowest BCUT2D eigenvalue weighted by Gasteiger charge is -2.06. The molecule has 0 spiro atoms. The van der Waals surface area contributed by atoms with Crippen molar-refractivity contribution in [1.29, 1.82) is 0 Å². The largest absolute Gasteiger partial charge is 0.364 e. The molecule has 1 radical (unpaired) electrons. The fraction of sp³-hybridized carbons (Fsp3) is 0.125. The Kier molecular flexibility index (Phi) is 1.66. The molecule has 2 heterocycles. The van der Waals surface area contributed by atoms with Crippen molar-refractivity contribution in [2.75, 3.05) is 0 Å². The molecule has 12 heavy (non-hydrogen) atoms. The van der Waals surface area contributed by atoms with E-state index in [9.17, 15) is 0 Å². The smallest absolute Gasteiger partial charge is 0.124 e. The van der Waals surface area contributed by atoms with E-state index in [4.69, 9.17) is 4.52 Å². The van der Waals surface area contributed by atoms with Gasteiger partial charge in [0.05, 0.1) is 6.33 Å². The molecule has 0 aliphatic heterocycles. The topological polar surface area (TPSA) is 43.9 Å². The summed E-state index contributed by atoms with van der Waals surface area (Å²) in [6, 6.07) is 2.82. The van der Waals surface area contributed by atoms with Gasteiger partial charge in [-0.1, -0.05) is 5.16 Å². The van der Waals surface area contributed by atoms with Gasteiger partial charge in [0.25, 0.3) is 0 Å². The molecule has 0 saturated carbocycles. The van der Waals surface area contributed by atoms with Gasteiger partial charge in [-0.3, -0.25) is 0 Å². The lowest BCUT2D eigenvalue weighted by Crippen LogP contribution is -2.05. The zero-order chi connectivity index (χ0) is 8.39. The standard InChI is InChI=1S/C8H8N3O/c1-7(8-2-5-12-10-8)11-4-3-9-6-11/h2-6H,1H3. The van der Waals surface area contributed by atoms with Crippen molar-refractivity contribution in [2.24, 2.45) is 0 Å². The molecular weight excluding hydrogens is 154 g/mol. The van der Waals surface area contributed by atoms with E-state index in [0.29, 0.717) is 0 Å². The highest BCUT2D eigenvalue weighted by Crippen LogP contribution is 2.12. The van der Waals surface area contributed by atoms with E-state index >= 15 is 0 Å². The van der Waals surface area contributed by atoms with Gasteiger partial charge in [0.2, 0.25) is 0 Å². The molecule has 2 rings (SSSR count). The number of hydrogen-bond acceptors (Lipinski definition) is 3. The number of aromatic nitrogens is 3. The van der Waals surface area contributed by atoms with Gasteiger partial charge in [-0.2, -0.15) is 0 Å². The fourth-order valence-electron chi connectivity index (χ4n) is 0.989. The second-order valence-corrected chi connectivity index (χ2v) is 2.44. The summed E-state index contributed by atoms with van der Waals surface area (Å²) < 4.78 is 6.62. The summed E-state index contributed by atoms with van der Waals surface area (Å²) in [4.78, 5) is 3.94. The van der Waals surface area contributed by atoms with E-state index in [-0.39, 0.29) is 0 Å². The number of imidazole rings is 1. The van der Waals surface area contributed by atoms with Crippen molar-refractivity contribution in [3.8, 4) is 0 Å². The summed E-state index contributed by atoms with van der Waals surface area (Å²) in [5.41, 5.74) is 0.827. The SMILES string of the molecule is C[C](c1ccon1)n1ccnc1. The molecule has 2 aromatic rings. The molecule has 0 saturated heterocycles. The molecule has 0 amide bonds. The molecule has 4 heteroatoms. The molecule has 0 aromatic carbocycles. The lowest BCUT2D eigenvalue weighted by atomic mass is 10.2. The highest BCUT2D eigenvalue weighted by Gasteiger charge is 2.10. The van der Waals surface area contributed by atoms with Gasteiger partial charge in [-0.15, -0.1) is 0 Å². The van der Waals surface area contributed by atoms with Gasteiger partial charge in [-0.05, 0) is 6.92 Å². The summed E-state index contributed by atoms with van der Waals surface area (Å²) in [5.74, 6) is 0. The van der Waals surface area contributed by atoms with Crippen LogP contribution in [0.4, 0.5) is 0 Å². The second kappa shape index (κ2) is 2.81. The predicted molar refractivity (Wildman–Crippen MR) is 42.1 cm³/mol. The maximum atomic E-state index is 4.73. The van der Waals surface area contributed by atoms with E-state index in [2.05, 4.69) is 10.1 Å². The van der Waals surface area contributed by atoms with Crippen LogP contribution in [0.2, 0.25) is 0 Å². The van der Waals surface area contributed by atoms with Crippen LogP contribution in [0.5, 0.6) is 0 Å². The molecule has 0 atom stereocenters. The van der Waals surface area contributed by atoms with Crippen molar-refractivity contribution in [2.45, 2.75) is 6.92 Å². The van der Waals surface area contributed by atoms with Crippen LogP contribution in [-0.4, -0.2) is 14.7 Å². The van der Waals surface area contributed by atoms with Gasteiger partial charge in [0.15, 0.2) is 0 Å². The minimum absolute atomic E-state index is 0.827. The van der Waals surface area contributed by atoms with E-state index in [1.54, 1.807) is 18.8 Å². The molecule has 61 valence electrons. The first-order valence-corrected chi connectivity index (χ1v) is 3.60. The second-order valence-electron chi connectivity index (χ2n) is 2.44. The van der Waals surface area contributed by atoms with Crippen LogP contribution in [-0.2, 0) is 0 Å². The highest BCUT2D eigenvalue weighted by atomic mass is 16.5. The molecule has 2 aromatic heterocycles. The Bertz CT molecular complexity index is 291. The quantitative estimate of drug-likeness (QED) is 0.668. The van der Waals surface area contributed by atoms with Crippen molar-refractivity contribution in [3.63, 3.8) is 0 Å². The minimum Gasteiger partial charge on any atom is -0.364 e. The Morgan fingerprint density at radius 2 is 2.50 bits per heavy atom. The van der Waals surface area contributed by atoms with Gasteiger partial charge in [-0.25, -0.2) is 4.98 Å². The van der Waals surface area contributed by atoms with Crippen LogP contribution in [0, 0.1) is 6.04 Å².